The molecule has 0 amide bonds. The topological polar surface area (TPSA) is 38.5 Å². The molecule has 0 saturated carbocycles. The van der Waals surface area contributed by atoms with Crippen LogP contribution in [0.3, 0.4) is 0 Å². The van der Waals surface area contributed by atoms with Crippen molar-refractivity contribution in [1.82, 2.24) is 4.90 Å². The summed E-state index contributed by atoms with van der Waals surface area (Å²) in [5.41, 5.74) is 8.84. The van der Waals surface area contributed by atoms with Crippen LogP contribution in [0.4, 0.5) is 0 Å². The molecule has 1 fully saturated rings. The standard InChI is InChI=1S/C15H24N2O/c1-3-14-11-18-8-7-17(14)10-15(16)13-6-4-5-12(2)9-13/h4-6,9,14-15H,3,7-8,10-11,16H2,1-2H3. The first-order chi connectivity index (χ1) is 8.70. The molecule has 3 heteroatoms. The normalized spacial score (nSPS) is 22.9. The maximum absolute atomic E-state index is 6.33. The molecule has 2 atom stereocenters. The van der Waals surface area contributed by atoms with Crippen LogP contribution < -0.4 is 5.73 Å². The lowest BCUT2D eigenvalue weighted by atomic mass is 10.0. The van der Waals surface area contributed by atoms with Gasteiger partial charge in [-0.25, -0.2) is 0 Å². The first-order valence-corrected chi connectivity index (χ1v) is 6.84. The minimum absolute atomic E-state index is 0.0945. The van der Waals surface area contributed by atoms with E-state index in [9.17, 15) is 0 Å². The van der Waals surface area contributed by atoms with Crippen LogP contribution in [-0.2, 0) is 4.74 Å². The lowest BCUT2D eigenvalue weighted by Crippen LogP contribution is -2.47. The van der Waals surface area contributed by atoms with Crippen LogP contribution in [0, 0.1) is 6.92 Å². The van der Waals surface area contributed by atoms with E-state index in [0.29, 0.717) is 6.04 Å². The highest BCUT2D eigenvalue weighted by Crippen LogP contribution is 2.17. The van der Waals surface area contributed by atoms with Gasteiger partial charge in [-0.15, -0.1) is 0 Å². The van der Waals surface area contributed by atoms with Crippen molar-refractivity contribution in [3.05, 3.63) is 35.4 Å². The van der Waals surface area contributed by atoms with Crippen molar-refractivity contribution in [3.63, 3.8) is 0 Å². The minimum atomic E-state index is 0.0945. The Morgan fingerprint density at radius 2 is 2.33 bits per heavy atom. The fourth-order valence-corrected chi connectivity index (χ4v) is 2.56. The Hall–Kier alpha value is -0.900. The van der Waals surface area contributed by atoms with Gasteiger partial charge in [0.2, 0.25) is 0 Å². The van der Waals surface area contributed by atoms with Gasteiger partial charge in [0.15, 0.2) is 0 Å². The molecule has 1 aromatic rings. The Kier molecular flexibility index (Phi) is 4.75. The summed E-state index contributed by atoms with van der Waals surface area (Å²) in [5.74, 6) is 0. The van der Waals surface area contributed by atoms with Crippen molar-refractivity contribution in [2.24, 2.45) is 5.73 Å². The molecular formula is C15H24N2O. The molecule has 100 valence electrons. The highest BCUT2D eigenvalue weighted by molar-refractivity contribution is 5.25. The molecular weight excluding hydrogens is 224 g/mol. The highest BCUT2D eigenvalue weighted by Gasteiger charge is 2.23. The maximum atomic E-state index is 6.33. The van der Waals surface area contributed by atoms with Crippen molar-refractivity contribution in [3.8, 4) is 0 Å². The van der Waals surface area contributed by atoms with Crippen LogP contribution in [0.15, 0.2) is 24.3 Å². The van der Waals surface area contributed by atoms with E-state index in [1.54, 1.807) is 0 Å². The van der Waals surface area contributed by atoms with Gasteiger partial charge in [-0.2, -0.15) is 0 Å². The van der Waals surface area contributed by atoms with E-state index in [1.165, 1.54) is 11.1 Å². The zero-order valence-electron chi connectivity index (χ0n) is 11.4. The molecule has 1 aliphatic heterocycles. The Morgan fingerprint density at radius 3 is 3.06 bits per heavy atom. The molecule has 1 aromatic carbocycles. The average molecular weight is 248 g/mol. The van der Waals surface area contributed by atoms with Crippen LogP contribution in [0.2, 0.25) is 0 Å². The maximum Gasteiger partial charge on any atom is 0.0622 e. The van der Waals surface area contributed by atoms with Gasteiger partial charge in [0.05, 0.1) is 13.2 Å². The summed E-state index contributed by atoms with van der Waals surface area (Å²) in [6.45, 7) is 7.92. The fraction of sp³-hybridized carbons (Fsp3) is 0.600. The van der Waals surface area contributed by atoms with E-state index >= 15 is 0 Å². The second-order valence-corrected chi connectivity index (χ2v) is 5.15. The largest absolute Gasteiger partial charge is 0.378 e. The monoisotopic (exact) mass is 248 g/mol. The van der Waals surface area contributed by atoms with E-state index in [2.05, 4.69) is 43.0 Å². The molecule has 2 N–H and O–H groups in total. The smallest absolute Gasteiger partial charge is 0.0622 e. The molecule has 0 radical (unpaired) electrons. The van der Waals surface area contributed by atoms with E-state index in [0.717, 1.165) is 32.7 Å². The second-order valence-electron chi connectivity index (χ2n) is 5.15. The molecule has 1 aliphatic rings. The highest BCUT2D eigenvalue weighted by atomic mass is 16.5. The predicted octanol–water partition coefficient (Wildman–Crippen LogP) is 2.11. The molecule has 2 rings (SSSR count). The van der Waals surface area contributed by atoms with Gasteiger partial charge in [0.25, 0.3) is 0 Å². The van der Waals surface area contributed by atoms with Crippen LogP contribution in [0.25, 0.3) is 0 Å². The molecule has 0 aromatic heterocycles. The number of aryl methyl sites for hydroxylation is 1. The fourth-order valence-electron chi connectivity index (χ4n) is 2.56. The van der Waals surface area contributed by atoms with E-state index in [4.69, 9.17) is 10.5 Å². The Labute approximate surface area is 110 Å². The van der Waals surface area contributed by atoms with Crippen molar-refractivity contribution in [2.45, 2.75) is 32.4 Å². The number of hydrogen-bond acceptors (Lipinski definition) is 3. The van der Waals surface area contributed by atoms with Gasteiger partial charge in [0.1, 0.15) is 0 Å². The number of rotatable bonds is 4. The van der Waals surface area contributed by atoms with Crippen LogP contribution in [0.1, 0.15) is 30.5 Å². The molecule has 1 saturated heterocycles. The van der Waals surface area contributed by atoms with Gasteiger partial charge in [-0.05, 0) is 18.9 Å². The molecule has 0 aliphatic carbocycles. The molecule has 1 heterocycles. The van der Waals surface area contributed by atoms with Crippen LogP contribution in [-0.4, -0.2) is 37.2 Å². The summed E-state index contributed by atoms with van der Waals surface area (Å²) in [7, 11) is 0. The van der Waals surface area contributed by atoms with Crippen molar-refractivity contribution >= 4 is 0 Å². The molecule has 18 heavy (non-hydrogen) atoms. The van der Waals surface area contributed by atoms with Crippen LogP contribution >= 0.6 is 0 Å². The zero-order valence-corrected chi connectivity index (χ0v) is 11.4. The number of ether oxygens (including phenoxy) is 1. The van der Waals surface area contributed by atoms with Gasteiger partial charge >= 0.3 is 0 Å². The summed E-state index contributed by atoms with van der Waals surface area (Å²) in [4.78, 5) is 2.47. The van der Waals surface area contributed by atoms with Gasteiger partial charge in [0, 0.05) is 25.2 Å². The summed E-state index contributed by atoms with van der Waals surface area (Å²) in [6, 6.07) is 9.12. The van der Waals surface area contributed by atoms with E-state index in [1.807, 2.05) is 0 Å². The summed E-state index contributed by atoms with van der Waals surface area (Å²) < 4.78 is 5.53. The summed E-state index contributed by atoms with van der Waals surface area (Å²) in [6.07, 6.45) is 1.13. The number of nitrogens with zero attached hydrogens (tertiary/aromatic N) is 1. The van der Waals surface area contributed by atoms with Crippen molar-refractivity contribution in [2.75, 3.05) is 26.3 Å². The van der Waals surface area contributed by atoms with Crippen LogP contribution in [0.5, 0.6) is 0 Å². The molecule has 0 bridgehead atoms. The van der Waals surface area contributed by atoms with Gasteiger partial charge < -0.3 is 10.5 Å². The third kappa shape index (κ3) is 3.31. The Bertz CT molecular complexity index is 381. The first kappa shape index (κ1) is 13.5. The lowest BCUT2D eigenvalue weighted by Gasteiger charge is -2.36. The minimum Gasteiger partial charge on any atom is -0.378 e. The predicted molar refractivity (Wildman–Crippen MR) is 74.6 cm³/mol. The quantitative estimate of drug-likeness (QED) is 0.887. The average Bonchev–Trinajstić information content (AvgIpc) is 2.39. The summed E-state index contributed by atoms with van der Waals surface area (Å²) >= 11 is 0. The Balaban J connectivity index is 1.99. The third-order valence-corrected chi connectivity index (χ3v) is 3.72. The number of morpholine rings is 1. The van der Waals surface area contributed by atoms with E-state index < -0.39 is 0 Å². The molecule has 3 nitrogen and oxygen atoms in total. The first-order valence-electron chi connectivity index (χ1n) is 6.84. The molecule has 2 unspecified atom stereocenters. The molecule has 0 spiro atoms. The summed E-state index contributed by atoms with van der Waals surface area (Å²) in [5, 5.41) is 0. The second kappa shape index (κ2) is 6.32. The SMILES string of the molecule is CCC1COCCN1CC(N)c1cccc(C)c1. The van der Waals surface area contributed by atoms with Crippen molar-refractivity contribution in [1.29, 1.82) is 0 Å². The third-order valence-electron chi connectivity index (χ3n) is 3.72. The number of benzene rings is 1. The van der Waals surface area contributed by atoms with Gasteiger partial charge in [-0.1, -0.05) is 36.8 Å². The Morgan fingerprint density at radius 1 is 1.50 bits per heavy atom. The van der Waals surface area contributed by atoms with Crippen molar-refractivity contribution < 1.29 is 4.74 Å². The number of hydrogen-bond donors (Lipinski definition) is 1. The lowest BCUT2D eigenvalue weighted by molar-refractivity contribution is -0.0110. The zero-order chi connectivity index (χ0) is 13.0. The van der Waals surface area contributed by atoms with Gasteiger partial charge in [-0.3, -0.25) is 4.90 Å². The van der Waals surface area contributed by atoms with E-state index in [-0.39, 0.29) is 6.04 Å². The number of nitrogens with two attached hydrogens (primary N) is 1.